The highest BCUT2D eigenvalue weighted by molar-refractivity contribution is 7.17. The largest absolute Gasteiger partial charge is 0.368 e. The summed E-state index contributed by atoms with van der Waals surface area (Å²) in [7, 11) is 0. The Morgan fingerprint density at radius 2 is 1.91 bits per heavy atom. The quantitative estimate of drug-likeness (QED) is 0.889. The second-order valence-corrected chi connectivity index (χ2v) is 7.76. The van der Waals surface area contributed by atoms with Gasteiger partial charge in [0.15, 0.2) is 0 Å². The van der Waals surface area contributed by atoms with Gasteiger partial charge in [0, 0.05) is 17.5 Å². The molecule has 1 atom stereocenters. The Balaban J connectivity index is 1.60. The molecule has 0 aromatic carbocycles. The number of anilines is 1. The summed E-state index contributed by atoms with van der Waals surface area (Å²) < 4.78 is 5.46. The molecule has 2 amide bonds. The van der Waals surface area contributed by atoms with Crippen LogP contribution >= 0.6 is 11.3 Å². The van der Waals surface area contributed by atoms with Crippen LogP contribution in [-0.4, -0.2) is 30.6 Å². The van der Waals surface area contributed by atoms with Crippen molar-refractivity contribution < 1.29 is 14.3 Å². The van der Waals surface area contributed by atoms with E-state index >= 15 is 0 Å². The van der Waals surface area contributed by atoms with Gasteiger partial charge in [-0.15, -0.1) is 11.3 Å². The number of thiophene rings is 1. The molecule has 1 saturated carbocycles. The van der Waals surface area contributed by atoms with E-state index < -0.39 is 0 Å². The van der Waals surface area contributed by atoms with Crippen LogP contribution in [0.2, 0.25) is 0 Å². The molecular formula is C17H22N2O3S. The lowest BCUT2D eigenvalue weighted by Gasteiger charge is -2.14. The van der Waals surface area contributed by atoms with Gasteiger partial charge in [-0.25, -0.2) is 0 Å². The Morgan fingerprint density at radius 3 is 2.65 bits per heavy atom. The van der Waals surface area contributed by atoms with E-state index in [9.17, 15) is 9.59 Å². The molecule has 6 heteroatoms. The second-order valence-electron chi connectivity index (χ2n) is 6.65. The number of aryl methyl sites for hydroxylation is 1. The highest BCUT2D eigenvalue weighted by Gasteiger charge is 2.31. The lowest BCUT2D eigenvalue weighted by molar-refractivity contribution is -0.124. The molecule has 0 bridgehead atoms. The average molecular weight is 334 g/mol. The van der Waals surface area contributed by atoms with Crippen LogP contribution in [0.5, 0.6) is 0 Å². The molecule has 2 aliphatic carbocycles. The maximum Gasteiger partial charge on any atom is 0.254 e. The van der Waals surface area contributed by atoms with Crippen LogP contribution in [0.3, 0.4) is 0 Å². The minimum Gasteiger partial charge on any atom is -0.368 e. The van der Waals surface area contributed by atoms with Gasteiger partial charge in [0.1, 0.15) is 11.1 Å². The number of hydrogen-bond donors (Lipinski definition) is 2. The summed E-state index contributed by atoms with van der Waals surface area (Å²) in [5.74, 6) is -0.129. The van der Waals surface area contributed by atoms with Crippen LogP contribution in [-0.2, 0) is 22.4 Å². The fourth-order valence-electron chi connectivity index (χ4n) is 3.36. The Labute approximate surface area is 139 Å². The third kappa shape index (κ3) is 3.15. The SMILES string of the molecule is O=C(NC1CC1)c1c(NC(=O)C2CCCO2)sc2c1CCCC2. The molecule has 0 radical (unpaired) electrons. The number of carbonyl (C=O) groups is 2. The molecule has 3 aliphatic rings. The molecule has 23 heavy (non-hydrogen) atoms. The molecule has 4 rings (SSSR count). The highest BCUT2D eigenvalue weighted by Crippen LogP contribution is 2.39. The topological polar surface area (TPSA) is 67.4 Å². The lowest BCUT2D eigenvalue weighted by atomic mass is 9.95. The first-order valence-electron chi connectivity index (χ1n) is 8.60. The molecule has 124 valence electrons. The van der Waals surface area contributed by atoms with Crippen LogP contribution in [0.15, 0.2) is 0 Å². The molecule has 2 fully saturated rings. The van der Waals surface area contributed by atoms with Crippen molar-refractivity contribution in [1.82, 2.24) is 5.32 Å². The normalized spacial score (nSPS) is 23.4. The van der Waals surface area contributed by atoms with Gasteiger partial charge < -0.3 is 15.4 Å². The molecule has 1 aromatic heterocycles. The van der Waals surface area contributed by atoms with E-state index in [2.05, 4.69) is 10.6 Å². The average Bonchev–Trinajstić information content (AvgIpc) is 3.06. The van der Waals surface area contributed by atoms with E-state index in [4.69, 9.17) is 4.74 Å². The van der Waals surface area contributed by atoms with Crippen molar-refractivity contribution in [1.29, 1.82) is 0 Å². The van der Waals surface area contributed by atoms with Crippen molar-refractivity contribution >= 4 is 28.2 Å². The third-order valence-corrected chi connectivity index (χ3v) is 5.98. The molecule has 2 N–H and O–H groups in total. The first kappa shape index (κ1) is 15.1. The number of fused-ring (bicyclic) bond motifs is 1. The van der Waals surface area contributed by atoms with Gasteiger partial charge in [0.05, 0.1) is 5.56 Å². The number of nitrogens with one attached hydrogen (secondary N) is 2. The van der Waals surface area contributed by atoms with Crippen molar-refractivity contribution in [3.8, 4) is 0 Å². The number of rotatable bonds is 4. The first-order valence-corrected chi connectivity index (χ1v) is 9.42. The predicted molar refractivity (Wildman–Crippen MR) is 89.1 cm³/mol. The zero-order valence-corrected chi connectivity index (χ0v) is 14.0. The van der Waals surface area contributed by atoms with Crippen LogP contribution in [0, 0.1) is 0 Å². The third-order valence-electron chi connectivity index (χ3n) is 4.77. The van der Waals surface area contributed by atoms with Crippen molar-refractivity contribution in [2.45, 2.75) is 63.5 Å². The minimum absolute atomic E-state index is 0.0189. The Morgan fingerprint density at radius 1 is 1.09 bits per heavy atom. The van der Waals surface area contributed by atoms with Gasteiger partial charge >= 0.3 is 0 Å². The van der Waals surface area contributed by atoms with Crippen molar-refractivity contribution in [3.63, 3.8) is 0 Å². The molecule has 1 aromatic rings. The van der Waals surface area contributed by atoms with E-state index in [0.29, 0.717) is 18.2 Å². The smallest absolute Gasteiger partial charge is 0.254 e. The van der Waals surface area contributed by atoms with Crippen molar-refractivity contribution in [2.75, 3.05) is 11.9 Å². The molecule has 0 spiro atoms. The van der Waals surface area contributed by atoms with E-state index in [1.54, 1.807) is 11.3 Å². The van der Waals surface area contributed by atoms with Gasteiger partial charge in [-0.2, -0.15) is 0 Å². The zero-order valence-electron chi connectivity index (χ0n) is 13.2. The van der Waals surface area contributed by atoms with Gasteiger partial charge in [0.2, 0.25) is 0 Å². The standard InChI is InChI=1S/C17H22N2O3S/c20-15(12-5-3-9-22-12)19-17-14(16(21)18-10-7-8-10)11-4-1-2-6-13(11)23-17/h10,12H,1-9H2,(H,18,21)(H,19,20). The van der Waals surface area contributed by atoms with E-state index in [-0.39, 0.29) is 17.9 Å². The zero-order chi connectivity index (χ0) is 15.8. The van der Waals surface area contributed by atoms with Crippen LogP contribution in [0.1, 0.15) is 59.3 Å². The maximum atomic E-state index is 12.7. The minimum atomic E-state index is -0.367. The van der Waals surface area contributed by atoms with Crippen LogP contribution in [0.4, 0.5) is 5.00 Å². The monoisotopic (exact) mass is 334 g/mol. The number of carbonyl (C=O) groups excluding carboxylic acids is 2. The van der Waals surface area contributed by atoms with Gasteiger partial charge in [-0.05, 0) is 56.9 Å². The number of amides is 2. The van der Waals surface area contributed by atoms with E-state index in [0.717, 1.165) is 61.9 Å². The number of ether oxygens (including phenoxy) is 1. The summed E-state index contributed by atoms with van der Waals surface area (Å²) in [6.07, 6.45) is 7.69. The molecule has 1 unspecified atom stereocenters. The molecule has 5 nitrogen and oxygen atoms in total. The summed E-state index contributed by atoms with van der Waals surface area (Å²) in [6.45, 7) is 0.647. The van der Waals surface area contributed by atoms with Gasteiger partial charge in [-0.1, -0.05) is 0 Å². The van der Waals surface area contributed by atoms with Crippen LogP contribution < -0.4 is 10.6 Å². The Kier molecular flexibility index (Phi) is 4.11. The summed E-state index contributed by atoms with van der Waals surface area (Å²) >= 11 is 1.58. The highest BCUT2D eigenvalue weighted by atomic mass is 32.1. The second kappa shape index (κ2) is 6.24. The molecular weight excluding hydrogens is 312 g/mol. The summed E-state index contributed by atoms with van der Waals surface area (Å²) in [4.78, 5) is 26.3. The van der Waals surface area contributed by atoms with Crippen molar-refractivity contribution in [2.24, 2.45) is 0 Å². The Bertz CT molecular complexity index is 630. The van der Waals surface area contributed by atoms with E-state index in [1.807, 2.05) is 0 Å². The van der Waals surface area contributed by atoms with Gasteiger partial charge in [-0.3, -0.25) is 9.59 Å². The van der Waals surface area contributed by atoms with Gasteiger partial charge in [0.25, 0.3) is 11.8 Å². The summed E-state index contributed by atoms with van der Waals surface area (Å²) in [6, 6.07) is 0.323. The number of hydrogen-bond acceptors (Lipinski definition) is 4. The fraction of sp³-hybridized carbons (Fsp3) is 0.647. The van der Waals surface area contributed by atoms with Crippen LogP contribution in [0.25, 0.3) is 0 Å². The van der Waals surface area contributed by atoms with E-state index in [1.165, 1.54) is 4.88 Å². The van der Waals surface area contributed by atoms with Crippen molar-refractivity contribution in [3.05, 3.63) is 16.0 Å². The molecule has 1 saturated heterocycles. The fourth-order valence-corrected chi connectivity index (χ4v) is 4.65. The molecule has 2 heterocycles. The maximum absolute atomic E-state index is 12.7. The summed E-state index contributed by atoms with van der Waals surface area (Å²) in [5, 5.41) is 6.77. The Hall–Kier alpha value is -1.40. The predicted octanol–water partition coefficient (Wildman–Crippen LogP) is 2.64. The lowest BCUT2D eigenvalue weighted by Crippen LogP contribution is -2.30. The molecule has 1 aliphatic heterocycles. The summed E-state index contributed by atoms with van der Waals surface area (Å²) in [5.41, 5.74) is 1.87. The first-order chi connectivity index (χ1) is 11.2.